The number of aryl methyl sites for hydroxylation is 3. The number of hydrogen-bond acceptors (Lipinski definition) is 22. The number of pyridine rings is 4. The van der Waals surface area contributed by atoms with E-state index in [0.29, 0.717) is 98.1 Å². The van der Waals surface area contributed by atoms with Gasteiger partial charge in [0.15, 0.2) is 45.3 Å². The molecule has 692 valence electrons. The lowest BCUT2D eigenvalue weighted by Gasteiger charge is -2.18. The topological polar surface area (TPSA) is 308 Å². The highest BCUT2D eigenvalue weighted by molar-refractivity contribution is 9.10. The van der Waals surface area contributed by atoms with Crippen LogP contribution in [0.15, 0.2) is 415 Å². The maximum atomic E-state index is 14.2. The number of rotatable bonds is 18. The standard InChI is InChI=1S/C27H17BrFNO4S.C27H20FNO6S.2C27H18FNO4S/c1-15-22(16-8-3-2-4-9-16)30(18-11-7-10-17(29)14-18)26(32)21-23(31)25(27(33)34-24(15)21)35-20-13-6-5-12-19(20)28;1-33-17-7-4-8-19(12-17)36-25-23(30)22-24(35-27(25)32)20-10-9-18(34-2)13-21(20)29(26(22)31)14-15-5-3-6-16(28)11-15;1-16-22(17-9-4-2-5-10-17)29(19-12-8-11-18(28)15-19)26(31)21-23(30)25(27(32)33-24(16)21)34-20-13-6-3-7-14-20;1-16-22(17-9-4-2-5-10-17)29(19-12-6-3-7-13-19)26(31)21-23(30)25(27(32)33-24(16)21)34-20-14-8-11-18(28)15-20/h2-14,31H,1H3;3-13,30H,14H2,1-2H3;2*2-15,30H,1H3. The molecule has 0 aliphatic heterocycles. The van der Waals surface area contributed by atoms with Gasteiger partial charge < -0.3 is 52.1 Å². The third-order valence-electron chi connectivity index (χ3n) is 22.3. The number of ether oxygens (including phenoxy) is 2. The van der Waals surface area contributed by atoms with E-state index in [1.54, 1.807) is 172 Å². The fraction of sp³-hybridized carbons (Fsp3) is 0.0556. The molecule has 20 rings (SSSR count). The van der Waals surface area contributed by atoms with Gasteiger partial charge in [0.25, 0.3) is 22.2 Å². The monoisotopic (exact) mass is 2000 g/mol. The summed E-state index contributed by atoms with van der Waals surface area (Å²) in [6.45, 7) is 5.16. The molecule has 0 amide bonds. The molecule has 0 atom stereocenters. The Morgan fingerprint density at radius 2 is 0.662 bits per heavy atom. The van der Waals surface area contributed by atoms with E-state index in [4.69, 9.17) is 27.1 Å². The largest absolute Gasteiger partial charge is 0.505 e. The summed E-state index contributed by atoms with van der Waals surface area (Å²) in [5.41, 5.74) is 1.57. The number of fused-ring (bicyclic) bond motifs is 6. The Kier molecular flexibility index (Phi) is 27.8. The highest BCUT2D eigenvalue weighted by Crippen LogP contribution is 2.46. The summed E-state index contributed by atoms with van der Waals surface area (Å²) in [7, 11) is 3.01. The summed E-state index contributed by atoms with van der Waals surface area (Å²) < 4.78 is 95.1. The zero-order valence-electron chi connectivity index (χ0n) is 73.5. The van der Waals surface area contributed by atoms with Gasteiger partial charge in [-0.3, -0.25) is 32.9 Å². The Balaban J connectivity index is 0.000000128. The Bertz CT molecular complexity index is 8770. The van der Waals surface area contributed by atoms with Gasteiger partial charge in [0.2, 0.25) is 0 Å². The normalized spacial score (nSPS) is 11.2. The zero-order chi connectivity index (χ0) is 97.7. The van der Waals surface area contributed by atoms with E-state index in [1.807, 2.05) is 97.1 Å². The lowest BCUT2D eigenvalue weighted by Crippen LogP contribution is -2.23. The molecule has 0 unspecified atom stereocenters. The molecule has 139 heavy (non-hydrogen) atoms. The van der Waals surface area contributed by atoms with Crippen LogP contribution in [0.25, 0.3) is 106 Å². The van der Waals surface area contributed by atoms with Gasteiger partial charge in [0.05, 0.1) is 54.7 Å². The first-order valence-corrected chi connectivity index (χ1v) is 46.4. The van der Waals surface area contributed by atoms with Gasteiger partial charge in [-0.15, -0.1) is 0 Å². The minimum absolute atomic E-state index is 0.00332. The van der Waals surface area contributed by atoms with Crippen molar-refractivity contribution in [2.75, 3.05) is 14.2 Å². The Labute approximate surface area is 810 Å². The third-order valence-corrected chi connectivity index (χ3v) is 27.5. The summed E-state index contributed by atoms with van der Waals surface area (Å²) in [4.78, 5) is 109. The Morgan fingerprint density at radius 3 is 1.09 bits per heavy atom. The number of hydrogen-bond donors (Lipinski definition) is 4. The summed E-state index contributed by atoms with van der Waals surface area (Å²) in [6.07, 6.45) is 0. The van der Waals surface area contributed by atoms with Crippen LogP contribution in [-0.4, -0.2) is 52.9 Å². The Morgan fingerprint density at radius 1 is 0.324 bits per heavy atom. The molecule has 31 heteroatoms. The van der Waals surface area contributed by atoms with E-state index < -0.39 is 91.0 Å². The van der Waals surface area contributed by atoms with Crippen molar-refractivity contribution >= 4 is 118 Å². The van der Waals surface area contributed by atoms with Crippen molar-refractivity contribution < 1.29 is 65.1 Å². The number of aromatic hydroxyl groups is 4. The van der Waals surface area contributed by atoms with Crippen molar-refractivity contribution in [2.24, 2.45) is 0 Å². The second-order valence-corrected chi connectivity index (χ2v) is 36.2. The molecule has 8 heterocycles. The number of aromatic nitrogens is 4. The molecular weight excluding hydrogens is 1930 g/mol. The molecule has 12 aromatic carbocycles. The third kappa shape index (κ3) is 19.2. The van der Waals surface area contributed by atoms with Crippen molar-refractivity contribution in [3.8, 4) is 85.3 Å². The predicted octanol–water partition coefficient (Wildman–Crippen LogP) is 23.7. The quantitative estimate of drug-likeness (QED) is 0.0458. The average molecular weight is 2000 g/mol. The molecule has 0 aliphatic rings. The smallest absolute Gasteiger partial charge is 0.354 e. The number of benzene rings is 12. The molecular formula is C108H73BrF4N4O18S4. The van der Waals surface area contributed by atoms with Crippen LogP contribution in [0.2, 0.25) is 0 Å². The second-order valence-electron chi connectivity index (χ2n) is 31.0. The van der Waals surface area contributed by atoms with E-state index in [0.717, 1.165) is 57.1 Å². The highest BCUT2D eigenvalue weighted by atomic mass is 79.9. The van der Waals surface area contributed by atoms with Gasteiger partial charge in [-0.1, -0.05) is 223 Å². The van der Waals surface area contributed by atoms with Gasteiger partial charge >= 0.3 is 22.5 Å². The highest BCUT2D eigenvalue weighted by Gasteiger charge is 2.32. The van der Waals surface area contributed by atoms with Crippen molar-refractivity contribution in [3.05, 3.63) is 449 Å². The molecule has 0 bridgehead atoms. The summed E-state index contributed by atoms with van der Waals surface area (Å²) in [6, 6.07) is 87.3. The van der Waals surface area contributed by atoms with Gasteiger partial charge in [-0.2, -0.15) is 0 Å². The van der Waals surface area contributed by atoms with Crippen LogP contribution < -0.4 is 54.2 Å². The molecule has 0 fully saturated rings. The average Bonchev–Trinajstić information content (AvgIpc) is 0.742. The Hall–Kier alpha value is -16.1. The maximum absolute atomic E-state index is 14.2. The first-order chi connectivity index (χ1) is 67.2. The van der Waals surface area contributed by atoms with Crippen LogP contribution in [0.5, 0.6) is 34.5 Å². The molecule has 0 saturated carbocycles. The summed E-state index contributed by atoms with van der Waals surface area (Å²) >= 11 is 7.23. The lowest BCUT2D eigenvalue weighted by atomic mass is 10.0. The van der Waals surface area contributed by atoms with Crippen molar-refractivity contribution in [3.63, 3.8) is 0 Å². The molecule has 20 aromatic rings. The molecule has 0 saturated heterocycles. The van der Waals surface area contributed by atoms with E-state index in [2.05, 4.69) is 15.9 Å². The minimum Gasteiger partial charge on any atom is -0.505 e. The van der Waals surface area contributed by atoms with E-state index in [-0.39, 0.29) is 81.4 Å². The van der Waals surface area contributed by atoms with E-state index in [9.17, 15) is 76.3 Å². The van der Waals surface area contributed by atoms with Crippen LogP contribution in [0.3, 0.4) is 0 Å². The second kappa shape index (κ2) is 40.9. The summed E-state index contributed by atoms with van der Waals surface area (Å²) in [5.74, 6) is -2.80. The predicted molar refractivity (Wildman–Crippen MR) is 534 cm³/mol. The molecule has 0 aliphatic carbocycles. The summed E-state index contributed by atoms with van der Waals surface area (Å²) in [5, 5.41) is 44.5. The minimum atomic E-state index is -0.807. The van der Waals surface area contributed by atoms with Gasteiger partial charge in [-0.25, -0.2) is 36.7 Å². The maximum Gasteiger partial charge on any atom is 0.354 e. The van der Waals surface area contributed by atoms with Gasteiger partial charge in [0.1, 0.15) is 75.9 Å². The first kappa shape index (κ1) is 94.7. The molecule has 0 spiro atoms. The molecule has 22 nitrogen and oxygen atoms in total. The first-order valence-electron chi connectivity index (χ1n) is 42.3. The van der Waals surface area contributed by atoms with Crippen LogP contribution in [-0.2, 0) is 6.54 Å². The lowest BCUT2D eigenvalue weighted by molar-refractivity contribution is 0.413. The van der Waals surface area contributed by atoms with Crippen molar-refractivity contribution in [1.82, 2.24) is 18.3 Å². The number of para-hydroxylation sites is 1. The van der Waals surface area contributed by atoms with Crippen molar-refractivity contribution in [1.29, 1.82) is 0 Å². The van der Waals surface area contributed by atoms with E-state index in [1.165, 1.54) is 99.2 Å². The van der Waals surface area contributed by atoms with E-state index >= 15 is 0 Å². The van der Waals surface area contributed by atoms with Gasteiger partial charge in [-0.05, 0) is 192 Å². The van der Waals surface area contributed by atoms with Gasteiger partial charge in [0, 0.05) is 57.9 Å². The number of methoxy groups -OCH3 is 2. The van der Waals surface area contributed by atoms with Crippen LogP contribution >= 0.6 is 63.0 Å². The molecule has 4 N–H and O–H groups in total. The fourth-order valence-corrected chi connectivity index (χ4v) is 19.9. The van der Waals surface area contributed by atoms with Crippen LogP contribution in [0.4, 0.5) is 17.6 Å². The SMILES string of the molecule is COc1cccc(Sc2c(O)c3c(=O)n(Cc4cccc(F)c4)c4cc(OC)ccc4c3oc2=O)c1.Cc1c(-c2ccccc2)n(-c2cccc(F)c2)c(=O)c2c(O)c(Sc3ccccc3)c(=O)oc12.Cc1c(-c2ccccc2)n(-c2cccc(F)c2)c(=O)c2c(O)c(Sc3ccccc3Br)c(=O)oc12.Cc1c(-c2ccccc2)n(-c2ccccc2)c(=O)c2c(O)c(Sc3cccc(F)c3)c(=O)oc12. The molecule has 8 aromatic heterocycles. The zero-order valence-corrected chi connectivity index (χ0v) is 78.4. The fourth-order valence-electron chi connectivity index (χ4n) is 16.0. The van der Waals surface area contributed by atoms with Crippen LogP contribution in [0.1, 0.15) is 22.3 Å². The molecule has 0 radical (unpaired) electrons. The van der Waals surface area contributed by atoms with Crippen molar-refractivity contribution in [2.45, 2.75) is 66.5 Å². The number of halogens is 5. The number of nitrogens with zero attached hydrogens (tertiary/aromatic N) is 4. The van der Waals surface area contributed by atoms with Crippen LogP contribution in [0, 0.1) is 44.0 Å².